The standard InChI is InChI=1S/C12H14N4O3S/c17-10-3-1-2-5-14-12(10)15-8-9-4-6-13-11(7-9)16-20(18)19/h2,4-8,10,17H,1,3H2,(H,13,16)(H,18,19). The summed E-state index contributed by atoms with van der Waals surface area (Å²) >= 11 is -2.17. The quantitative estimate of drug-likeness (QED) is 0.573. The largest absolute Gasteiger partial charge is 0.385 e. The summed E-state index contributed by atoms with van der Waals surface area (Å²) in [5.74, 6) is 0.605. The van der Waals surface area contributed by atoms with Gasteiger partial charge in [-0.3, -0.25) is 9.27 Å². The van der Waals surface area contributed by atoms with Crippen LogP contribution in [0.15, 0.2) is 40.6 Å². The second kappa shape index (κ2) is 7.04. The zero-order valence-corrected chi connectivity index (χ0v) is 11.3. The van der Waals surface area contributed by atoms with Gasteiger partial charge in [-0.15, -0.1) is 0 Å². The zero-order chi connectivity index (χ0) is 14.4. The van der Waals surface area contributed by atoms with E-state index in [0.29, 0.717) is 17.8 Å². The SMILES string of the molecule is O=S(O)Nc1cc(C=NC2=NC=CCCC2O)ccn1. The number of aliphatic hydroxyl groups excluding tert-OH is 1. The number of nitrogens with zero attached hydrogens (tertiary/aromatic N) is 3. The molecule has 0 saturated carbocycles. The Bertz CT molecular complexity index is 586. The van der Waals surface area contributed by atoms with Crippen LogP contribution in [0.1, 0.15) is 18.4 Å². The van der Waals surface area contributed by atoms with Gasteiger partial charge in [0.25, 0.3) is 11.3 Å². The van der Waals surface area contributed by atoms with E-state index in [-0.39, 0.29) is 5.82 Å². The van der Waals surface area contributed by atoms with Crippen LogP contribution in [0.2, 0.25) is 0 Å². The van der Waals surface area contributed by atoms with E-state index in [1.807, 2.05) is 6.08 Å². The number of pyridine rings is 1. The van der Waals surface area contributed by atoms with Gasteiger partial charge in [0.2, 0.25) is 0 Å². The van der Waals surface area contributed by atoms with Crippen molar-refractivity contribution in [1.82, 2.24) is 4.98 Å². The zero-order valence-electron chi connectivity index (χ0n) is 10.5. The molecular formula is C12H14N4O3S. The molecule has 0 aliphatic carbocycles. The number of hydrogen-bond donors (Lipinski definition) is 3. The van der Waals surface area contributed by atoms with Crippen LogP contribution in [0.25, 0.3) is 0 Å². The minimum absolute atomic E-state index is 0.262. The Morgan fingerprint density at radius 2 is 2.40 bits per heavy atom. The van der Waals surface area contributed by atoms with Crippen molar-refractivity contribution in [3.05, 3.63) is 36.2 Å². The summed E-state index contributed by atoms with van der Waals surface area (Å²) in [6, 6.07) is 3.26. The van der Waals surface area contributed by atoms with Gasteiger partial charge in [-0.2, -0.15) is 0 Å². The third kappa shape index (κ3) is 4.34. The number of nitrogens with one attached hydrogen (secondary N) is 1. The molecule has 1 aromatic heterocycles. The molecule has 2 atom stereocenters. The molecule has 3 N–H and O–H groups in total. The van der Waals surface area contributed by atoms with E-state index < -0.39 is 17.4 Å². The number of aliphatic imine (C=N–C) groups is 2. The lowest BCUT2D eigenvalue weighted by atomic mass is 10.2. The molecule has 0 bridgehead atoms. The van der Waals surface area contributed by atoms with Crippen molar-refractivity contribution < 1.29 is 13.9 Å². The summed E-state index contributed by atoms with van der Waals surface area (Å²) in [7, 11) is 0. The van der Waals surface area contributed by atoms with Gasteiger partial charge in [-0.05, 0) is 30.5 Å². The number of aliphatic hydroxyl groups is 1. The molecule has 8 heteroatoms. The molecule has 20 heavy (non-hydrogen) atoms. The van der Waals surface area contributed by atoms with Crippen molar-refractivity contribution in [2.45, 2.75) is 18.9 Å². The smallest absolute Gasteiger partial charge is 0.260 e. The molecule has 0 saturated heterocycles. The summed E-state index contributed by atoms with van der Waals surface area (Å²) in [5, 5.41) is 9.82. The van der Waals surface area contributed by atoms with Crippen LogP contribution in [0, 0.1) is 0 Å². The van der Waals surface area contributed by atoms with E-state index in [1.54, 1.807) is 18.3 Å². The molecule has 0 fully saturated rings. The lowest BCUT2D eigenvalue weighted by Gasteiger charge is -2.06. The Morgan fingerprint density at radius 3 is 3.20 bits per heavy atom. The maximum absolute atomic E-state index is 10.6. The average Bonchev–Trinajstić information content (AvgIpc) is 2.61. The van der Waals surface area contributed by atoms with Gasteiger partial charge in [-0.1, -0.05) is 6.08 Å². The number of aromatic nitrogens is 1. The lowest BCUT2D eigenvalue weighted by Crippen LogP contribution is -2.17. The highest BCUT2D eigenvalue weighted by Crippen LogP contribution is 2.09. The van der Waals surface area contributed by atoms with Gasteiger partial charge < -0.3 is 5.11 Å². The highest BCUT2D eigenvalue weighted by atomic mass is 32.2. The molecule has 1 aromatic rings. The fraction of sp³-hybridized carbons (Fsp3) is 0.250. The Hall–Kier alpha value is -1.90. The second-order valence-corrected chi connectivity index (χ2v) is 4.75. The lowest BCUT2D eigenvalue weighted by molar-refractivity contribution is 0.232. The summed E-state index contributed by atoms with van der Waals surface area (Å²) < 4.78 is 21.6. The second-order valence-electron chi connectivity index (χ2n) is 4.05. The summed E-state index contributed by atoms with van der Waals surface area (Å²) in [5.41, 5.74) is 0.677. The molecule has 0 aromatic carbocycles. The van der Waals surface area contributed by atoms with Gasteiger partial charge in [0.05, 0.1) is 0 Å². The molecule has 1 aliphatic rings. The fourth-order valence-electron chi connectivity index (χ4n) is 1.61. The van der Waals surface area contributed by atoms with Crippen molar-refractivity contribution in [2.24, 2.45) is 9.98 Å². The predicted octanol–water partition coefficient (Wildman–Crippen LogP) is 1.12. The molecule has 2 rings (SSSR count). The van der Waals surface area contributed by atoms with Gasteiger partial charge in [0.1, 0.15) is 11.9 Å². The monoisotopic (exact) mass is 294 g/mol. The van der Waals surface area contributed by atoms with Crippen LogP contribution in [-0.4, -0.2) is 37.0 Å². The molecule has 0 radical (unpaired) electrons. The number of allylic oxidation sites excluding steroid dienone is 1. The number of rotatable bonds is 3. The van der Waals surface area contributed by atoms with Crippen molar-refractivity contribution >= 4 is 29.1 Å². The molecule has 106 valence electrons. The molecule has 2 unspecified atom stereocenters. The minimum Gasteiger partial charge on any atom is -0.385 e. The van der Waals surface area contributed by atoms with Gasteiger partial charge in [0.15, 0.2) is 5.84 Å². The van der Waals surface area contributed by atoms with E-state index in [4.69, 9.17) is 4.55 Å². The van der Waals surface area contributed by atoms with Crippen molar-refractivity contribution in [3.63, 3.8) is 0 Å². The van der Waals surface area contributed by atoms with Crippen LogP contribution in [0.5, 0.6) is 0 Å². The molecule has 7 nitrogen and oxygen atoms in total. The van der Waals surface area contributed by atoms with Crippen LogP contribution < -0.4 is 4.72 Å². The average molecular weight is 294 g/mol. The topological polar surface area (TPSA) is 107 Å². The van der Waals surface area contributed by atoms with Gasteiger partial charge >= 0.3 is 0 Å². The van der Waals surface area contributed by atoms with E-state index in [2.05, 4.69) is 19.7 Å². The van der Waals surface area contributed by atoms with Gasteiger partial charge in [0, 0.05) is 18.6 Å². The van der Waals surface area contributed by atoms with Crippen molar-refractivity contribution in [2.75, 3.05) is 4.72 Å². The first-order chi connectivity index (χ1) is 9.65. The highest BCUT2D eigenvalue weighted by Gasteiger charge is 2.11. The first kappa shape index (κ1) is 14.5. The van der Waals surface area contributed by atoms with Crippen molar-refractivity contribution in [3.8, 4) is 0 Å². The van der Waals surface area contributed by atoms with E-state index >= 15 is 0 Å². The van der Waals surface area contributed by atoms with Crippen LogP contribution in [0.3, 0.4) is 0 Å². The molecule has 1 aliphatic heterocycles. The number of hydrogen-bond acceptors (Lipinski definition) is 5. The first-order valence-corrected chi connectivity index (χ1v) is 7.04. The summed E-state index contributed by atoms with van der Waals surface area (Å²) in [4.78, 5) is 12.1. The number of amidine groups is 1. The third-order valence-corrected chi connectivity index (χ3v) is 2.92. The number of anilines is 1. The first-order valence-electron chi connectivity index (χ1n) is 5.93. The maximum Gasteiger partial charge on any atom is 0.260 e. The predicted molar refractivity (Wildman–Crippen MR) is 78.0 cm³/mol. The van der Waals surface area contributed by atoms with Gasteiger partial charge in [-0.25, -0.2) is 19.2 Å². The van der Waals surface area contributed by atoms with E-state index in [9.17, 15) is 9.32 Å². The third-order valence-electron chi connectivity index (χ3n) is 2.54. The van der Waals surface area contributed by atoms with Crippen LogP contribution in [-0.2, 0) is 11.3 Å². The highest BCUT2D eigenvalue weighted by molar-refractivity contribution is 7.80. The minimum atomic E-state index is -2.17. The van der Waals surface area contributed by atoms with E-state index in [0.717, 1.165) is 6.42 Å². The molecule has 0 amide bonds. The molecule has 0 spiro atoms. The fourth-order valence-corrected chi connectivity index (χ4v) is 1.90. The Morgan fingerprint density at radius 1 is 1.55 bits per heavy atom. The Labute approximate surface area is 118 Å². The van der Waals surface area contributed by atoms with Crippen LogP contribution >= 0.6 is 0 Å². The molecular weight excluding hydrogens is 280 g/mol. The normalized spacial score (nSPS) is 20.5. The van der Waals surface area contributed by atoms with Crippen LogP contribution in [0.4, 0.5) is 5.82 Å². The molecule has 2 heterocycles. The van der Waals surface area contributed by atoms with Crippen molar-refractivity contribution in [1.29, 1.82) is 0 Å². The Balaban J connectivity index is 2.12. The maximum atomic E-state index is 10.6. The summed E-state index contributed by atoms with van der Waals surface area (Å²) in [6.07, 6.45) is 7.16. The Kier molecular flexibility index (Phi) is 5.10. The summed E-state index contributed by atoms with van der Waals surface area (Å²) in [6.45, 7) is 0. The van der Waals surface area contributed by atoms with E-state index in [1.165, 1.54) is 12.4 Å².